The van der Waals surface area contributed by atoms with Crippen LogP contribution in [0.15, 0.2) is 42.5 Å². The van der Waals surface area contributed by atoms with Crippen molar-refractivity contribution in [2.24, 2.45) is 5.92 Å². The Labute approximate surface area is 202 Å². The molecule has 2 aromatic carbocycles. The SMILES string of the molecule is CO[C@@H]1c2c(cccc2N2CCN(C)CC2)CC[C@@H]1C(=O)Nc1ccc(N2CCOCC2)cc1. The molecule has 2 aromatic rings. The Morgan fingerprint density at radius 1 is 0.971 bits per heavy atom. The highest BCUT2D eigenvalue weighted by Gasteiger charge is 2.37. The maximum absolute atomic E-state index is 13.4. The molecule has 0 radical (unpaired) electrons. The average Bonchev–Trinajstić information content (AvgIpc) is 2.89. The van der Waals surface area contributed by atoms with Crippen molar-refractivity contribution in [1.29, 1.82) is 0 Å². The molecule has 1 amide bonds. The summed E-state index contributed by atoms with van der Waals surface area (Å²) in [6, 6.07) is 14.7. The van der Waals surface area contributed by atoms with Crippen molar-refractivity contribution < 1.29 is 14.3 Å². The Kier molecular flexibility index (Phi) is 7.04. The van der Waals surface area contributed by atoms with Gasteiger partial charge in [0.1, 0.15) is 0 Å². The van der Waals surface area contributed by atoms with Gasteiger partial charge in [-0.1, -0.05) is 12.1 Å². The third-order valence-electron chi connectivity index (χ3n) is 7.49. The first-order chi connectivity index (χ1) is 16.6. The molecule has 182 valence electrons. The molecular weight excluding hydrogens is 428 g/mol. The molecule has 1 N–H and O–H groups in total. The molecule has 0 saturated carbocycles. The van der Waals surface area contributed by atoms with Gasteiger partial charge in [0.15, 0.2) is 0 Å². The van der Waals surface area contributed by atoms with Gasteiger partial charge in [-0.15, -0.1) is 0 Å². The van der Waals surface area contributed by atoms with Crippen molar-refractivity contribution in [3.05, 3.63) is 53.6 Å². The molecule has 2 heterocycles. The molecule has 1 aliphatic carbocycles. The first-order valence-electron chi connectivity index (χ1n) is 12.5. The average molecular weight is 465 g/mol. The molecule has 0 bridgehead atoms. The number of nitrogens with zero attached hydrogens (tertiary/aromatic N) is 3. The molecular formula is C27H36N4O3. The Balaban J connectivity index is 1.32. The topological polar surface area (TPSA) is 57.3 Å². The number of benzene rings is 2. The molecule has 7 heteroatoms. The molecule has 34 heavy (non-hydrogen) atoms. The fourth-order valence-corrected chi connectivity index (χ4v) is 5.50. The van der Waals surface area contributed by atoms with Gasteiger partial charge in [0.25, 0.3) is 0 Å². The summed E-state index contributed by atoms with van der Waals surface area (Å²) in [5, 5.41) is 3.16. The van der Waals surface area contributed by atoms with Crippen LogP contribution in [-0.2, 0) is 20.7 Å². The molecule has 5 rings (SSSR count). The highest BCUT2D eigenvalue weighted by molar-refractivity contribution is 5.93. The number of hydrogen-bond donors (Lipinski definition) is 1. The number of carbonyl (C=O) groups excluding carboxylic acids is 1. The minimum absolute atomic E-state index is 0.0322. The van der Waals surface area contributed by atoms with E-state index in [0.29, 0.717) is 0 Å². The first-order valence-corrected chi connectivity index (χ1v) is 12.5. The number of aryl methyl sites for hydroxylation is 1. The summed E-state index contributed by atoms with van der Waals surface area (Å²) in [7, 11) is 3.90. The van der Waals surface area contributed by atoms with Crippen LogP contribution in [0.4, 0.5) is 17.1 Å². The lowest BCUT2D eigenvalue weighted by Crippen LogP contribution is -2.45. The van der Waals surface area contributed by atoms with E-state index < -0.39 is 0 Å². The Hall–Kier alpha value is -2.61. The highest BCUT2D eigenvalue weighted by Crippen LogP contribution is 2.42. The maximum Gasteiger partial charge on any atom is 0.230 e. The fraction of sp³-hybridized carbons (Fsp3) is 0.519. The van der Waals surface area contributed by atoms with E-state index in [0.717, 1.165) is 71.0 Å². The quantitative estimate of drug-likeness (QED) is 0.734. The number of morpholine rings is 1. The minimum atomic E-state index is -0.243. The molecule has 2 saturated heterocycles. The molecule has 0 spiro atoms. The number of ether oxygens (including phenoxy) is 2. The predicted molar refractivity (Wildman–Crippen MR) is 136 cm³/mol. The van der Waals surface area contributed by atoms with E-state index in [1.807, 2.05) is 12.1 Å². The summed E-state index contributed by atoms with van der Waals surface area (Å²) in [5.41, 5.74) is 5.73. The lowest BCUT2D eigenvalue weighted by Gasteiger charge is -2.39. The van der Waals surface area contributed by atoms with Crippen LogP contribution in [0.5, 0.6) is 0 Å². The highest BCUT2D eigenvalue weighted by atomic mass is 16.5. The van der Waals surface area contributed by atoms with Crippen LogP contribution in [0.3, 0.4) is 0 Å². The van der Waals surface area contributed by atoms with Crippen molar-refractivity contribution in [3.63, 3.8) is 0 Å². The lowest BCUT2D eigenvalue weighted by molar-refractivity contribution is -0.125. The van der Waals surface area contributed by atoms with Gasteiger partial charge >= 0.3 is 0 Å². The van der Waals surface area contributed by atoms with Crippen molar-refractivity contribution in [2.45, 2.75) is 18.9 Å². The van der Waals surface area contributed by atoms with E-state index in [2.05, 4.69) is 57.4 Å². The van der Waals surface area contributed by atoms with Gasteiger partial charge in [0, 0.05) is 69.0 Å². The number of methoxy groups -OCH3 is 1. The minimum Gasteiger partial charge on any atom is -0.378 e. The van der Waals surface area contributed by atoms with Crippen LogP contribution in [0, 0.1) is 5.92 Å². The van der Waals surface area contributed by atoms with E-state index in [1.165, 1.54) is 22.5 Å². The van der Waals surface area contributed by atoms with E-state index in [1.54, 1.807) is 7.11 Å². The monoisotopic (exact) mass is 464 g/mol. The number of nitrogens with one attached hydrogen (secondary N) is 1. The number of likely N-dealkylation sites (N-methyl/N-ethyl adjacent to an activating group) is 1. The van der Waals surface area contributed by atoms with E-state index in [-0.39, 0.29) is 17.9 Å². The van der Waals surface area contributed by atoms with Gasteiger partial charge in [-0.3, -0.25) is 4.79 Å². The lowest BCUT2D eigenvalue weighted by atomic mass is 9.79. The zero-order valence-corrected chi connectivity index (χ0v) is 20.3. The summed E-state index contributed by atoms with van der Waals surface area (Å²) in [5.74, 6) is -0.185. The summed E-state index contributed by atoms with van der Waals surface area (Å²) in [4.78, 5) is 20.6. The Morgan fingerprint density at radius 2 is 1.71 bits per heavy atom. The molecule has 0 unspecified atom stereocenters. The molecule has 7 nitrogen and oxygen atoms in total. The molecule has 2 fully saturated rings. The largest absolute Gasteiger partial charge is 0.378 e. The van der Waals surface area contributed by atoms with Gasteiger partial charge < -0.3 is 29.5 Å². The van der Waals surface area contributed by atoms with Crippen molar-refractivity contribution >= 4 is 23.0 Å². The standard InChI is InChI=1S/C27H36N4O3/c1-29-12-14-31(15-13-29)24-5-3-4-20-6-11-23(26(33-2)25(20)24)27(32)28-21-7-9-22(10-8-21)30-16-18-34-19-17-30/h3-5,7-10,23,26H,6,11-19H2,1-2H3,(H,28,32)/t23-,26-/m0/s1. The zero-order valence-electron chi connectivity index (χ0n) is 20.3. The number of fused-ring (bicyclic) bond motifs is 1. The van der Waals surface area contributed by atoms with Gasteiger partial charge in [-0.25, -0.2) is 0 Å². The second-order valence-corrected chi connectivity index (χ2v) is 9.58. The van der Waals surface area contributed by atoms with E-state index in [4.69, 9.17) is 9.47 Å². The van der Waals surface area contributed by atoms with Crippen LogP contribution in [0.1, 0.15) is 23.7 Å². The van der Waals surface area contributed by atoms with Crippen molar-refractivity contribution in [2.75, 3.05) is 81.8 Å². The number of hydrogen-bond acceptors (Lipinski definition) is 6. The Bertz CT molecular complexity index is 982. The number of anilines is 3. The molecule has 3 aliphatic rings. The first kappa shape index (κ1) is 23.1. The zero-order chi connectivity index (χ0) is 23.5. The normalized spacial score (nSPS) is 23.5. The van der Waals surface area contributed by atoms with Crippen LogP contribution < -0.4 is 15.1 Å². The summed E-state index contributed by atoms with van der Waals surface area (Å²) >= 11 is 0. The summed E-state index contributed by atoms with van der Waals surface area (Å²) < 4.78 is 11.5. The molecule has 0 aromatic heterocycles. The second kappa shape index (κ2) is 10.3. The van der Waals surface area contributed by atoms with Gasteiger partial charge in [0.05, 0.1) is 25.2 Å². The van der Waals surface area contributed by atoms with Crippen LogP contribution in [-0.4, -0.2) is 77.4 Å². The number of carbonyl (C=O) groups is 1. The van der Waals surface area contributed by atoms with Crippen molar-refractivity contribution in [1.82, 2.24) is 4.90 Å². The third-order valence-corrected chi connectivity index (χ3v) is 7.49. The second-order valence-electron chi connectivity index (χ2n) is 9.58. The van der Waals surface area contributed by atoms with E-state index >= 15 is 0 Å². The van der Waals surface area contributed by atoms with Crippen LogP contribution >= 0.6 is 0 Å². The van der Waals surface area contributed by atoms with Gasteiger partial charge in [-0.2, -0.15) is 0 Å². The maximum atomic E-state index is 13.4. The number of piperazine rings is 1. The predicted octanol–water partition coefficient (Wildman–Crippen LogP) is 3.16. The molecule has 2 aliphatic heterocycles. The summed E-state index contributed by atoms with van der Waals surface area (Å²) in [6.45, 7) is 7.41. The van der Waals surface area contributed by atoms with Crippen molar-refractivity contribution in [3.8, 4) is 0 Å². The Morgan fingerprint density at radius 3 is 2.41 bits per heavy atom. The third kappa shape index (κ3) is 4.78. The fourth-order valence-electron chi connectivity index (χ4n) is 5.50. The number of rotatable bonds is 5. The summed E-state index contributed by atoms with van der Waals surface area (Å²) in [6.07, 6.45) is 1.44. The molecule has 2 atom stereocenters. The van der Waals surface area contributed by atoms with Crippen LogP contribution in [0.25, 0.3) is 0 Å². The smallest absolute Gasteiger partial charge is 0.230 e. The van der Waals surface area contributed by atoms with Crippen LogP contribution in [0.2, 0.25) is 0 Å². The van der Waals surface area contributed by atoms with Gasteiger partial charge in [-0.05, 0) is 55.8 Å². The number of amides is 1. The van der Waals surface area contributed by atoms with Gasteiger partial charge in [0.2, 0.25) is 5.91 Å². The van der Waals surface area contributed by atoms with E-state index in [9.17, 15) is 4.79 Å².